The minimum Gasteiger partial charge on any atom is -0.480 e. The quantitative estimate of drug-likeness (QED) is 0.829. The van der Waals surface area contributed by atoms with Gasteiger partial charge >= 0.3 is 5.97 Å². The monoisotopic (exact) mass is 239 g/mol. The zero-order valence-electron chi connectivity index (χ0n) is 10.2. The highest BCUT2D eigenvalue weighted by molar-refractivity contribution is 5.69. The summed E-state index contributed by atoms with van der Waals surface area (Å²) in [7, 11) is 0. The van der Waals surface area contributed by atoms with E-state index in [9.17, 15) is 9.18 Å². The molecule has 0 amide bonds. The van der Waals surface area contributed by atoms with Gasteiger partial charge in [-0.1, -0.05) is 19.1 Å². The molecule has 0 aliphatic rings. The number of nitrogens with zero attached hydrogens (tertiary/aromatic N) is 1. The standard InChI is InChI=1S/C13H18FNO2/c1-3-8-15(9-13(16)17)10(2)11-4-6-12(14)7-5-11/h4-7,10H,3,8-9H2,1-2H3,(H,16,17). The van der Waals surface area contributed by atoms with Gasteiger partial charge in [0.15, 0.2) is 0 Å². The molecule has 1 rings (SSSR count). The van der Waals surface area contributed by atoms with E-state index in [0.29, 0.717) is 6.54 Å². The first-order valence-corrected chi connectivity index (χ1v) is 5.76. The number of hydrogen-bond acceptors (Lipinski definition) is 2. The summed E-state index contributed by atoms with van der Waals surface area (Å²) in [4.78, 5) is 12.6. The Morgan fingerprint density at radius 3 is 2.47 bits per heavy atom. The molecule has 1 aromatic carbocycles. The minimum atomic E-state index is -0.840. The summed E-state index contributed by atoms with van der Waals surface area (Å²) in [6, 6.07) is 6.18. The van der Waals surface area contributed by atoms with Crippen molar-refractivity contribution in [2.45, 2.75) is 26.3 Å². The maximum Gasteiger partial charge on any atom is 0.317 e. The Balaban J connectivity index is 2.79. The summed E-state index contributed by atoms with van der Waals surface area (Å²) in [5.74, 6) is -1.12. The molecule has 94 valence electrons. The molecule has 17 heavy (non-hydrogen) atoms. The van der Waals surface area contributed by atoms with E-state index in [4.69, 9.17) is 5.11 Å². The summed E-state index contributed by atoms with van der Waals surface area (Å²) in [5.41, 5.74) is 0.932. The highest BCUT2D eigenvalue weighted by Crippen LogP contribution is 2.20. The van der Waals surface area contributed by atoms with Crippen molar-refractivity contribution in [2.24, 2.45) is 0 Å². The van der Waals surface area contributed by atoms with Crippen LogP contribution in [-0.4, -0.2) is 29.1 Å². The van der Waals surface area contributed by atoms with E-state index >= 15 is 0 Å². The molecule has 1 N–H and O–H groups in total. The Morgan fingerprint density at radius 2 is 2.00 bits per heavy atom. The third kappa shape index (κ3) is 4.15. The van der Waals surface area contributed by atoms with Crippen LogP contribution in [0, 0.1) is 5.82 Å². The van der Waals surface area contributed by atoms with Gasteiger partial charge in [-0.05, 0) is 37.6 Å². The molecule has 0 aliphatic carbocycles. The summed E-state index contributed by atoms with van der Waals surface area (Å²) in [6.45, 7) is 4.66. The lowest BCUT2D eigenvalue weighted by Gasteiger charge is -2.27. The largest absolute Gasteiger partial charge is 0.480 e. The molecule has 0 saturated carbocycles. The van der Waals surface area contributed by atoms with Crippen molar-refractivity contribution in [1.29, 1.82) is 0 Å². The molecule has 0 aromatic heterocycles. The van der Waals surface area contributed by atoms with Crippen LogP contribution in [0.4, 0.5) is 4.39 Å². The van der Waals surface area contributed by atoms with E-state index in [1.807, 2.05) is 18.7 Å². The van der Waals surface area contributed by atoms with Gasteiger partial charge in [-0.15, -0.1) is 0 Å². The Kier molecular flexibility index (Phi) is 5.10. The molecule has 1 atom stereocenters. The number of rotatable bonds is 6. The fourth-order valence-corrected chi connectivity index (χ4v) is 1.82. The molecular weight excluding hydrogens is 221 g/mol. The second-order valence-corrected chi connectivity index (χ2v) is 4.09. The summed E-state index contributed by atoms with van der Waals surface area (Å²) in [5, 5.41) is 8.85. The zero-order valence-corrected chi connectivity index (χ0v) is 10.2. The molecule has 0 fully saturated rings. The van der Waals surface area contributed by atoms with Crippen LogP contribution in [0.25, 0.3) is 0 Å². The maximum atomic E-state index is 12.8. The van der Waals surface area contributed by atoms with E-state index in [1.165, 1.54) is 12.1 Å². The molecule has 0 aliphatic heterocycles. The number of carboxylic acid groups (broad SMARTS) is 1. The van der Waals surface area contributed by atoms with Gasteiger partial charge in [0.1, 0.15) is 5.82 Å². The summed E-state index contributed by atoms with van der Waals surface area (Å²) < 4.78 is 12.8. The molecule has 0 spiro atoms. The van der Waals surface area contributed by atoms with Gasteiger partial charge in [-0.25, -0.2) is 4.39 Å². The fourth-order valence-electron chi connectivity index (χ4n) is 1.82. The van der Waals surface area contributed by atoms with Gasteiger partial charge in [0, 0.05) is 6.04 Å². The third-order valence-electron chi connectivity index (χ3n) is 2.75. The van der Waals surface area contributed by atoms with Crippen molar-refractivity contribution >= 4 is 5.97 Å². The first kappa shape index (κ1) is 13.6. The summed E-state index contributed by atoms with van der Waals surface area (Å²) in [6.07, 6.45) is 0.888. The van der Waals surface area contributed by atoms with Crippen molar-refractivity contribution in [3.63, 3.8) is 0 Å². The molecule has 0 heterocycles. The Labute approximate surface area is 101 Å². The van der Waals surface area contributed by atoms with Gasteiger partial charge in [0.25, 0.3) is 0 Å². The maximum absolute atomic E-state index is 12.8. The van der Waals surface area contributed by atoms with Crippen LogP contribution in [-0.2, 0) is 4.79 Å². The minimum absolute atomic E-state index is 0.00633. The molecule has 4 heteroatoms. The van der Waals surface area contributed by atoms with Crippen LogP contribution in [0.2, 0.25) is 0 Å². The van der Waals surface area contributed by atoms with Gasteiger partial charge < -0.3 is 5.11 Å². The molecule has 1 aromatic rings. The molecule has 0 bridgehead atoms. The van der Waals surface area contributed by atoms with Crippen LogP contribution < -0.4 is 0 Å². The fraction of sp³-hybridized carbons (Fsp3) is 0.462. The number of aliphatic carboxylic acids is 1. The van der Waals surface area contributed by atoms with Gasteiger partial charge in [0.05, 0.1) is 6.54 Å². The normalized spacial score (nSPS) is 12.7. The average molecular weight is 239 g/mol. The number of carbonyl (C=O) groups is 1. The second-order valence-electron chi connectivity index (χ2n) is 4.09. The summed E-state index contributed by atoms with van der Waals surface area (Å²) >= 11 is 0. The number of halogens is 1. The van der Waals surface area contributed by atoms with Crippen LogP contribution >= 0.6 is 0 Å². The van der Waals surface area contributed by atoms with Crippen molar-refractivity contribution < 1.29 is 14.3 Å². The zero-order chi connectivity index (χ0) is 12.8. The van der Waals surface area contributed by atoms with Crippen LogP contribution in [0.15, 0.2) is 24.3 Å². The third-order valence-corrected chi connectivity index (χ3v) is 2.75. The van der Waals surface area contributed by atoms with Gasteiger partial charge in [-0.2, -0.15) is 0 Å². The molecule has 3 nitrogen and oxygen atoms in total. The van der Waals surface area contributed by atoms with Crippen LogP contribution in [0.5, 0.6) is 0 Å². The number of carboxylic acids is 1. The highest BCUT2D eigenvalue weighted by atomic mass is 19.1. The predicted octanol–water partition coefficient (Wildman–Crippen LogP) is 2.68. The van der Waals surface area contributed by atoms with Gasteiger partial charge in [-0.3, -0.25) is 9.69 Å². The lowest BCUT2D eigenvalue weighted by Crippen LogP contribution is -2.33. The van der Waals surface area contributed by atoms with Gasteiger partial charge in [0.2, 0.25) is 0 Å². The predicted molar refractivity (Wildman–Crippen MR) is 64.3 cm³/mol. The SMILES string of the molecule is CCCN(CC(=O)O)C(C)c1ccc(F)cc1. The molecular formula is C13H18FNO2. The number of benzene rings is 1. The lowest BCUT2D eigenvalue weighted by atomic mass is 10.1. The van der Waals surface area contributed by atoms with Crippen LogP contribution in [0.3, 0.4) is 0 Å². The second kappa shape index (κ2) is 6.35. The smallest absolute Gasteiger partial charge is 0.317 e. The first-order valence-electron chi connectivity index (χ1n) is 5.76. The van der Waals surface area contributed by atoms with E-state index in [-0.39, 0.29) is 18.4 Å². The van der Waals surface area contributed by atoms with Crippen molar-refractivity contribution in [2.75, 3.05) is 13.1 Å². The molecule has 0 radical (unpaired) electrons. The van der Waals surface area contributed by atoms with Crippen molar-refractivity contribution in [3.8, 4) is 0 Å². The molecule has 1 unspecified atom stereocenters. The van der Waals surface area contributed by atoms with E-state index in [0.717, 1.165) is 12.0 Å². The first-order chi connectivity index (χ1) is 8.04. The Bertz CT molecular complexity index is 364. The van der Waals surface area contributed by atoms with Crippen molar-refractivity contribution in [1.82, 2.24) is 4.90 Å². The highest BCUT2D eigenvalue weighted by Gasteiger charge is 2.17. The molecule has 0 saturated heterocycles. The topological polar surface area (TPSA) is 40.5 Å². The Hall–Kier alpha value is -1.42. The van der Waals surface area contributed by atoms with Crippen molar-refractivity contribution in [3.05, 3.63) is 35.6 Å². The van der Waals surface area contributed by atoms with E-state index < -0.39 is 5.97 Å². The van der Waals surface area contributed by atoms with E-state index in [1.54, 1.807) is 12.1 Å². The lowest BCUT2D eigenvalue weighted by molar-refractivity contribution is -0.138. The average Bonchev–Trinajstić information content (AvgIpc) is 2.28. The van der Waals surface area contributed by atoms with Crippen LogP contribution in [0.1, 0.15) is 31.9 Å². The Morgan fingerprint density at radius 1 is 1.41 bits per heavy atom. The van der Waals surface area contributed by atoms with E-state index in [2.05, 4.69) is 0 Å². The number of hydrogen-bond donors (Lipinski definition) is 1.